The number of sulfonamides is 1. The maximum absolute atomic E-state index is 14.7. The summed E-state index contributed by atoms with van der Waals surface area (Å²) in [5.41, 5.74) is 4.96. The summed E-state index contributed by atoms with van der Waals surface area (Å²) in [6.07, 6.45) is 2.59. The van der Waals surface area contributed by atoms with Crippen molar-refractivity contribution in [2.45, 2.75) is 70.9 Å². The summed E-state index contributed by atoms with van der Waals surface area (Å²) < 4.78 is 29.8. The lowest BCUT2D eigenvalue weighted by Gasteiger charge is -2.34. The van der Waals surface area contributed by atoms with Crippen LogP contribution >= 0.6 is 0 Å². The molecule has 0 heterocycles. The van der Waals surface area contributed by atoms with Crippen LogP contribution in [0.2, 0.25) is 0 Å². The van der Waals surface area contributed by atoms with Gasteiger partial charge in [-0.15, -0.1) is 0 Å². The summed E-state index contributed by atoms with van der Waals surface area (Å²) in [6, 6.07) is 30.4. The number of rotatable bonds is 15. The minimum absolute atomic E-state index is 0.0974. The SMILES string of the molecule is CCCCNC(=O)[C@H](Cc1ccccc1)N(Cc1cccc(C)c1)C(=O)CN(c1ccccc1CC)S(=O)(=O)c1ccc(C)cc1. The van der Waals surface area contributed by atoms with Crippen molar-refractivity contribution < 1.29 is 18.0 Å². The van der Waals surface area contributed by atoms with Crippen molar-refractivity contribution >= 4 is 27.5 Å². The molecule has 46 heavy (non-hydrogen) atoms. The maximum Gasteiger partial charge on any atom is 0.264 e. The number of hydrogen-bond donors (Lipinski definition) is 1. The van der Waals surface area contributed by atoms with Gasteiger partial charge < -0.3 is 10.2 Å². The van der Waals surface area contributed by atoms with Crippen molar-refractivity contribution in [3.8, 4) is 0 Å². The molecular formula is C38H45N3O4S. The number of anilines is 1. The van der Waals surface area contributed by atoms with Crippen molar-refractivity contribution in [1.29, 1.82) is 0 Å². The lowest BCUT2D eigenvalue weighted by atomic mass is 10.0. The maximum atomic E-state index is 14.7. The molecule has 0 bridgehead atoms. The van der Waals surface area contributed by atoms with Crippen LogP contribution in [0.15, 0.2) is 108 Å². The molecule has 4 aromatic carbocycles. The molecule has 7 nitrogen and oxygen atoms in total. The Labute approximate surface area is 274 Å². The van der Waals surface area contributed by atoms with E-state index in [0.717, 1.165) is 40.7 Å². The molecule has 0 aliphatic rings. The highest BCUT2D eigenvalue weighted by Gasteiger charge is 2.35. The Kier molecular flexibility index (Phi) is 12.1. The van der Waals surface area contributed by atoms with E-state index in [1.165, 1.54) is 4.31 Å². The van der Waals surface area contributed by atoms with E-state index in [2.05, 4.69) is 12.2 Å². The molecule has 0 saturated carbocycles. The van der Waals surface area contributed by atoms with Gasteiger partial charge in [0.05, 0.1) is 10.6 Å². The summed E-state index contributed by atoms with van der Waals surface area (Å²) in [4.78, 5) is 30.2. The van der Waals surface area contributed by atoms with Gasteiger partial charge in [-0.1, -0.05) is 116 Å². The van der Waals surface area contributed by atoms with Crippen LogP contribution in [-0.2, 0) is 39.0 Å². The standard InChI is InChI=1S/C38H45N3O4S/c1-5-7-24-39-38(43)36(26-31-15-9-8-10-16-31)40(27-32-17-13-14-30(4)25-32)37(42)28-41(35-19-12-11-18-33(35)6-2)46(44,45)34-22-20-29(3)21-23-34/h8-23,25,36H,5-7,24,26-28H2,1-4H3,(H,39,43)/t36-/m0/s1. The van der Waals surface area contributed by atoms with Crippen LogP contribution in [-0.4, -0.2) is 44.3 Å². The van der Waals surface area contributed by atoms with Gasteiger partial charge in [-0.2, -0.15) is 0 Å². The van der Waals surface area contributed by atoms with Crippen LogP contribution < -0.4 is 9.62 Å². The summed E-state index contributed by atoms with van der Waals surface area (Å²) in [5, 5.41) is 3.04. The van der Waals surface area contributed by atoms with Crippen LogP contribution in [0.1, 0.15) is 54.5 Å². The molecule has 1 N–H and O–H groups in total. The van der Waals surface area contributed by atoms with Gasteiger partial charge in [-0.3, -0.25) is 13.9 Å². The van der Waals surface area contributed by atoms with Gasteiger partial charge in [0.2, 0.25) is 11.8 Å². The number of hydrogen-bond acceptors (Lipinski definition) is 4. The average molecular weight is 640 g/mol. The third kappa shape index (κ3) is 8.85. The zero-order valence-corrected chi connectivity index (χ0v) is 28.1. The van der Waals surface area contributed by atoms with E-state index >= 15 is 0 Å². The van der Waals surface area contributed by atoms with Crippen molar-refractivity contribution in [3.05, 3.63) is 131 Å². The molecule has 4 aromatic rings. The van der Waals surface area contributed by atoms with Gasteiger partial charge in [0.15, 0.2) is 0 Å². The molecule has 0 aromatic heterocycles. The predicted molar refractivity (Wildman–Crippen MR) is 185 cm³/mol. The fourth-order valence-electron chi connectivity index (χ4n) is 5.47. The first-order valence-electron chi connectivity index (χ1n) is 16.0. The predicted octanol–water partition coefficient (Wildman–Crippen LogP) is 6.62. The molecule has 0 radical (unpaired) electrons. The minimum Gasteiger partial charge on any atom is -0.354 e. The molecule has 8 heteroatoms. The highest BCUT2D eigenvalue weighted by atomic mass is 32.2. The quantitative estimate of drug-likeness (QED) is 0.148. The van der Waals surface area contributed by atoms with E-state index in [0.29, 0.717) is 18.7 Å². The zero-order valence-electron chi connectivity index (χ0n) is 27.3. The fourth-order valence-corrected chi connectivity index (χ4v) is 6.92. The van der Waals surface area contributed by atoms with Crippen molar-refractivity contribution in [1.82, 2.24) is 10.2 Å². The molecular weight excluding hydrogens is 595 g/mol. The third-order valence-corrected chi connectivity index (χ3v) is 9.84. The number of carbonyl (C=O) groups excluding carboxylic acids is 2. The van der Waals surface area contributed by atoms with E-state index < -0.39 is 28.5 Å². The number of aryl methyl sites for hydroxylation is 3. The number of carbonyl (C=O) groups is 2. The minimum atomic E-state index is -4.15. The van der Waals surface area contributed by atoms with E-state index in [9.17, 15) is 18.0 Å². The van der Waals surface area contributed by atoms with E-state index in [-0.39, 0.29) is 23.8 Å². The highest BCUT2D eigenvalue weighted by Crippen LogP contribution is 2.29. The van der Waals surface area contributed by atoms with Crippen molar-refractivity contribution in [2.24, 2.45) is 0 Å². The second kappa shape index (κ2) is 16.2. The Balaban J connectivity index is 1.82. The molecule has 0 aliphatic carbocycles. The average Bonchev–Trinajstić information content (AvgIpc) is 3.05. The lowest BCUT2D eigenvalue weighted by Crippen LogP contribution is -2.53. The van der Waals surface area contributed by atoms with Gasteiger partial charge in [0.25, 0.3) is 10.0 Å². The fraction of sp³-hybridized carbons (Fsp3) is 0.316. The second-order valence-electron chi connectivity index (χ2n) is 11.7. The number of nitrogens with zero attached hydrogens (tertiary/aromatic N) is 2. The summed E-state index contributed by atoms with van der Waals surface area (Å²) in [5.74, 6) is -0.727. The van der Waals surface area contributed by atoms with Gasteiger partial charge in [-0.05, 0) is 61.6 Å². The normalized spacial score (nSPS) is 11.9. The number of amides is 2. The molecule has 2 amide bonds. The molecule has 0 unspecified atom stereocenters. The molecule has 0 aliphatic heterocycles. The first-order valence-corrected chi connectivity index (χ1v) is 17.4. The zero-order chi connectivity index (χ0) is 33.1. The summed E-state index contributed by atoms with van der Waals surface area (Å²) in [6.45, 7) is 8.05. The molecule has 1 atom stereocenters. The number of unbranched alkanes of at least 4 members (excludes halogenated alkanes) is 1. The topological polar surface area (TPSA) is 86.8 Å². The van der Waals surface area contributed by atoms with Crippen LogP contribution in [0.25, 0.3) is 0 Å². The van der Waals surface area contributed by atoms with E-state index in [1.54, 1.807) is 41.3 Å². The third-order valence-electron chi connectivity index (χ3n) is 8.07. The first-order chi connectivity index (χ1) is 22.1. The smallest absolute Gasteiger partial charge is 0.264 e. The Morgan fingerprint density at radius 1 is 0.783 bits per heavy atom. The first kappa shape index (κ1) is 34.4. The van der Waals surface area contributed by atoms with Crippen molar-refractivity contribution in [3.63, 3.8) is 0 Å². The van der Waals surface area contributed by atoms with Crippen LogP contribution in [0.3, 0.4) is 0 Å². The number of nitrogens with one attached hydrogen (secondary N) is 1. The Morgan fingerprint density at radius 3 is 2.13 bits per heavy atom. The van der Waals surface area contributed by atoms with E-state index in [1.807, 2.05) is 87.5 Å². The largest absolute Gasteiger partial charge is 0.354 e. The molecule has 0 saturated heterocycles. The summed E-state index contributed by atoms with van der Waals surface area (Å²) in [7, 11) is -4.15. The van der Waals surface area contributed by atoms with Gasteiger partial charge in [0.1, 0.15) is 12.6 Å². The van der Waals surface area contributed by atoms with Gasteiger partial charge in [-0.25, -0.2) is 8.42 Å². The number of para-hydroxylation sites is 1. The van der Waals surface area contributed by atoms with Gasteiger partial charge >= 0.3 is 0 Å². The molecule has 0 fully saturated rings. The highest BCUT2D eigenvalue weighted by molar-refractivity contribution is 7.92. The Hall–Kier alpha value is -4.43. The van der Waals surface area contributed by atoms with E-state index in [4.69, 9.17) is 0 Å². The van der Waals surface area contributed by atoms with Crippen LogP contribution in [0.5, 0.6) is 0 Å². The Bertz CT molecular complexity index is 1710. The van der Waals surface area contributed by atoms with Gasteiger partial charge in [0, 0.05) is 19.5 Å². The van der Waals surface area contributed by atoms with Crippen LogP contribution in [0.4, 0.5) is 5.69 Å². The molecule has 242 valence electrons. The number of benzene rings is 4. The summed E-state index contributed by atoms with van der Waals surface area (Å²) >= 11 is 0. The lowest BCUT2D eigenvalue weighted by molar-refractivity contribution is -0.140. The van der Waals surface area contributed by atoms with Crippen molar-refractivity contribution in [2.75, 3.05) is 17.4 Å². The second-order valence-corrected chi connectivity index (χ2v) is 13.5. The molecule has 0 spiro atoms. The Morgan fingerprint density at radius 2 is 1.46 bits per heavy atom. The van der Waals surface area contributed by atoms with Crippen LogP contribution in [0, 0.1) is 13.8 Å². The monoisotopic (exact) mass is 639 g/mol. The molecule has 4 rings (SSSR count).